The van der Waals surface area contributed by atoms with Gasteiger partial charge in [-0.15, -0.1) is 0 Å². The van der Waals surface area contributed by atoms with Crippen molar-refractivity contribution in [2.24, 2.45) is 0 Å². The van der Waals surface area contributed by atoms with Gasteiger partial charge in [0.1, 0.15) is 5.03 Å². The molecular weight excluding hydrogens is 430 g/mol. The highest BCUT2D eigenvalue weighted by atomic mass is 32.2. The Kier molecular flexibility index (Phi) is 5.91. The first-order chi connectivity index (χ1) is 16.2. The van der Waals surface area contributed by atoms with E-state index in [1.807, 2.05) is 53.4 Å². The molecule has 6 heteroatoms. The molecule has 0 bridgehead atoms. The topological polar surface area (TPSA) is 62.3 Å². The summed E-state index contributed by atoms with van der Waals surface area (Å²) in [5.74, 6) is -0.277. The number of hydrogen-bond acceptors (Lipinski definition) is 4. The lowest BCUT2D eigenvalue weighted by atomic mass is 10.1. The molecule has 0 aliphatic carbocycles. The van der Waals surface area contributed by atoms with E-state index in [1.165, 1.54) is 17.3 Å². The number of fused-ring (bicyclic) bond motifs is 1. The van der Waals surface area contributed by atoms with Crippen molar-refractivity contribution >= 4 is 35.0 Å². The molecule has 0 atom stereocenters. The molecule has 4 aromatic rings. The lowest BCUT2D eigenvalue weighted by molar-refractivity contribution is 0.0988. The van der Waals surface area contributed by atoms with Gasteiger partial charge in [0, 0.05) is 34.6 Å². The number of amides is 2. The van der Waals surface area contributed by atoms with Crippen molar-refractivity contribution in [3.63, 3.8) is 0 Å². The van der Waals surface area contributed by atoms with E-state index in [0.29, 0.717) is 28.4 Å². The highest BCUT2D eigenvalue weighted by Crippen LogP contribution is 2.30. The van der Waals surface area contributed by atoms with Gasteiger partial charge in [-0.25, -0.2) is 4.98 Å². The molecule has 5 rings (SSSR count). The summed E-state index contributed by atoms with van der Waals surface area (Å²) in [6, 6.07) is 28.3. The van der Waals surface area contributed by atoms with Crippen molar-refractivity contribution in [3.8, 4) is 0 Å². The molecule has 0 unspecified atom stereocenters. The zero-order valence-corrected chi connectivity index (χ0v) is 18.6. The van der Waals surface area contributed by atoms with Gasteiger partial charge in [0.15, 0.2) is 0 Å². The first kappa shape index (κ1) is 21.0. The SMILES string of the molecule is O=C(Nc1ccc(C(=O)N2CCc3ccccc32)cc1)c1cccnc1Sc1ccccc1. The Morgan fingerprint density at radius 3 is 2.42 bits per heavy atom. The number of aromatic nitrogens is 1. The van der Waals surface area contributed by atoms with Gasteiger partial charge in [-0.05, 0) is 66.6 Å². The highest BCUT2D eigenvalue weighted by Gasteiger charge is 2.25. The minimum Gasteiger partial charge on any atom is -0.322 e. The second-order valence-corrected chi connectivity index (χ2v) is 8.70. The van der Waals surface area contributed by atoms with Crippen molar-refractivity contribution in [2.75, 3.05) is 16.8 Å². The standard InChI is InChI=1S/C27H21N3O2S/c31-25(23-10-6-17-28-26(23)33-22-8-2-1-3-9-22)29-21-14-12-20(13-15-21)27(32)30-18-16-19-7-4-5-11-24(19)30/h1-15,17H,16,18H2,(H,29,31). The number of nitrogens with zero attached hydrogens (tertiary/aromatic N) is 2. The van der Waals surface area contributed by atoms with Gasteiger partial charge in [0.05, 0.1) is 5.56 Å². The van der Waals surface area contributed by atoms with Gasteiger partial charge in [0.2, 0.25) is 0 Å². The fourth-order valence-corrected chi connectivity index (χ4v) is 4.75. The minimum atomic E-state index is -0.242. The molecule has 1 aliphatic heterocycles. The zero-order valence-electron chi connectivity index (χ0n) is 17.8. The number of carbonyl (C=O) groups excluding carboxylic acids is 2. The number of para-hydroxylation sites is 1. The van der Waals surface area contributed by atoms with E-state index in [4.69, 9.17) is 0 Å². The predicted octanol–water partition coefficient (Wildman–Crippen LogP) is 5.69. The van der Waals surface area contributed by atoms with Crippen LogP contribution in [0.5, 0.6) is 0 Å². The third-order valence-corrected chi connectivity index (χ3v) is 6.52. The van der Waals surface area contributed by atoms with Crippen LogP contribution in [-0.4, -0.2) is 23.3 Å². The lowest BCUT2D eigenvalue weighted by Crippen LogP contribution is -2.28. The molecule has 162 valence electrons. The first-order valence-corrected chi connectivity index (χ1v) is 11.5. The molecule has 0 spiro atoms. The van der Waals surface area contributed by atoms with Crippen LogP contribution in [0.1, 0.15) is 26.3 Å². The van der Waals surface area contributed by atoms with Crippen molar-refractivity contribution in [3.05, 3.63) is 114 Å². The Morgan fingerprint density at radius 1 is 0.848 bits per heavy atom. The van der Waals surface area contributed by atoms with Gasteiger partial charge >= 0.3 is 0 Å². The number of hydrogen-bond donors (Lipinski definition) is 1. The van der Waals surface area contributed by atoms with Gasteiger partial charge in [-0.3, -0.25) is 9.59 Å². The normalized spacial score (nSPS) is 12.3. The van der Waals surface area contributed by atoms with E-state index in [9.17, 15) is 9.59 Å². The smallest absolute Gasteiger partial charge is 0.258 e. The van der Waals surface area contributed by atoms with Crippen molar-refractivity contribution in [2.45, 2.75) is 16.3 Å². The van der Waals surface area contributed by atoms with Crippen LogP contribution >= 0.6 is 11.8 Å². The summed E-state index contributed by atoms with van der Waals surface area (Å²) in [4.78, 5) is 33.2. The molecule has 2 amide bonds. The fraction of sp³-hybridized carbons (Fsp3) is 0.0741. The molecule has 5 nitrogen and oxygen atoms in total. The first-order valence-electron chi connectivity index (χ1n) is 10.7. The minimum absolute atomic E-state index is 0.0355. The molecule has 1 aromatic heterocycles. The molecule has 0 radical (unpaired) electrons. The Hall–Kier alpha value is -3.90. The van der Waals surface area contributed by atoms with E-state index >= 15 is 0 Å². The third-order valence-electron chi connectivity index (χ3n) is 5.50. The summed E-state index contributed by atoms with van der Waals surface area (Å²) in [7, 11) is 0. The van der Waals surface area contributed by atoms with Crippen LogP contribution in [0.3, 0.4) is 0 Å². The maximum atomic E-state index is 13.0. The summed E-state index contributed by atoms with van der Waals surface area (Å²) >= 11 is 1.45. The van der Waals surface area contributed by atoms with Crippen LogP contribution in [0.2, 0.25) is 0 Å². The van der Waals surface area contributed by atoms with E-state index in [-0.39, 0.29) is 11.8 Å². The molecule has 0 saturated heterocycles. The number of nitrogens with one attached hydrogen (secondary N) is 1. The largest absolute Gasteiger partial charge is 0.322 e. The molecule has 0 saturated carbocycles. The number of benzene rings is 3. The Bertz CT molecular complexity index is 1310. The quantitative estimate of drug-likeness (QED) is 0.424. The molecular formula is C27H21N3O2S. The van der Waals surface area contributed by atoms with Crippen molar-refractivity contribution in [1.29, 1.82) is 0 Å². The Balaban J connectivity index is 1.29. The van der Waals surface area contributed by atoms with Crippen LogP contribution in [0.4, 0.5) is 11.4 Å². The second kappa shape index (κ2) is 9.30. The van der Waals surface area contributed by atoms with Crippen molar-refractivity contribution < 1.29 is 9.59 Å². The molecule has 3 aromatic carbocycles. The number of carbonyl (C=O) groups is 2. The van der Waals surface area contributed by atoms with E-state index in [0.717, 1.165) is 17.0 Å². The molecule has 1 aliphatic rings. The Labute approximate surface area is 196 Å². The maximum absolute atomic E-state index is 13.0. The van der Waals surface area contributed by atoms with E-state index in [2.05, 4.69) is 16.4 Å². The number of anilines is 2. The summed E-state index contributed by atoms with van der Waals surface area (Å²) in [6.45, 7) is 0.680. The van der Waals surface area contributed by atoms with Gasteiger partial charge in [0.25, 0.3) is 11.8 Å². The Morgan fingerprint density at radius 2 is 1.61 bits per heavy atom. The molecule has 0 fully saturated rings. The van der Waals surface area contributed by atoms with Crippen LogP contribution in [-0.2, 0) is 6.42 Å². The molecule has 2 heterocycles. The average Bonchev–Trinajstić information content (AvgIpc) is 3.29. The summed E-state index contributed by atoms with van der Waals surface area (Å²) in [6.07, 6.45) is 2.55. The maximum Gasteiger partial charge on any atom is 0.258 e. The van der Waals surface area contributed by atoms with E-state index in [1.54, 1.807) is 42.6 Å². The van der Waals surface area contributed by atoms with Crippen LogP contribution in [0.25, 0.3) is 0 Å². The molecule has 1 N–H and O–H groups in total. The highest BCUT2D eigenvalue weighted by molar-refractivity contribution is 7.99. The van der Waals surface area contributed by atoms with Gasteiger partial charge < -0.3 is 10.2 Å². The van der Waals surface area contributed by atoms with Crippen LogP contribution in [0.15, 0.2) is 107 Å². The summed E-state index contributed by atoms with van der Waals surface area (Å²) in [5, 5.41) is 3.56. The monoisotopic (exact) mass is 451 g/mol. The second-order valence-electron chi connectivity index (χ2n) is 7.64. The third kappa shape index (κ3) is 4.52. The van der Waals surface area contributed by atoms with Crippen LogP contribution in [0, 0.1) is 0 Å². The summed E-state index contributed by atoms with van der Waals surface area (Å²) < 4.78 is 0. The molecule has 33 heavy (non-hydrogen) atoms. The average molecular weight is 452 g/mol. The van der Waals surface area contributed by atoms with E-state index < -0.39 is 0 Å². The van der Waals surface area contributed by atoms with Gasteiger partial charge in [-0.1, -0.05) is 48.2 Å². The zero-order chi connectivity index (χ0) is 22.6. The number of rotatable bonds is 5. The summed E-state index contributed by atoms with van der Waals surface area (Å²) in [5.41, 5.74) is 3.87. The van der Waals surface area contributed by atoms with Gasteiger partial charge in [-0.2, -0.15) is 0 Å². The van der Waals surface area contributed by atoms with Crippen LogP contribution < -0.4 is 10.2 Å². The lowest BCUT2D eigenvalue weighted by Gasteiger charge is -2.17. The van der Waals surface area contributed by atoms with Crippen molar-refractivity contribution in [1.82, 2.24) is 4.98 Å². The number of pyridine rings is 1. The fourth-order valence-electron chi connectivity index (χ4n) is 3.84. The predicted molar refractivity (Wildman–Crippen MR) is 131 cm³/mol.